The number of esters is 2. The molecule has 0 radical (unpaired) electrons. The minimum atomic E-state index is -0.428. The summed E-state index contributed by atoms with van der Waals surface area (Å²) >= 11 is 0. The lowest BCUT2D eigenvalue weighted by Crippen LogP contribution is -2.33. The summed E-state index contributed by atoms with van der Waals surface area (Å²) in [7, 11) is 3.07. The second-order valence-electron chi connectivity index (χ2n) is 4.97. The first-order valence-electron chi connectivity index (χ1n) is 7.91. The van der Waals surface area contributed by atoms with Crippen molar-refractivity contribution in [3.8, 4) is 0 Å². The van der Waals surface area contributed by atoms with Crippen molar-refractivity contribution in [1.82, 2.24) is 10.6 Å². The van der Waals surface area contributed by atoms with Gasteiger partial charge in [-0.3, -0.25) is 10.1 Å². The highest BCUT2D eigenvalue weighted by atomic mass is 33.1. The van der Waals surface area contributed by atoms with Crippen LogP contribution in [0, 0.1) is 0 Å². The monoisotopic (exact) mass is 402 g/mol. The Kier molecular flexibility index (Phi) is 14.5. The van der Waals surface area contributed by atoms with Gasteiger partial charge in [0.15, 0.2) is 0 Å². The summed E-state index contributed by atoms with van der Waals surface area (Å²) in [4.78, 5) is 33.8. The number of rotatable bonds is 15. The molecule has 7 nitrogen and oxygen atoms in total. The summed E-state index contributed by atoms with van der Waals surface area (Å²) in [6.45, 7) is 13.5. The molecule has 2 N–H and O–H groups in total. The van der Waals surface area contributed by atoms with Crippen LogP contribution in [0.3, 0.4) is 0 Å². The average Bonchev–Trinajstić information content (AvgIpc) is 2.62. The Labute approximate surface area is 162 Å². The van der Waals surface area contributed by atoms with Gasteiger partial charge in [0.2, 0.25) is 5.91 Å². The summed E-state index contributed by atoms with van der Waals surface area (Å²) in [6, 6.07) is 0. The fourth-order valence-corrected chi connectivity index (χ4v) is 2.99. The van der Waals surface area contributed by atoms with Gasteiger partial charge in [0.25, 0.3) is 0 Å². The van der Waals surface area contributed by atoms with Gasteiger partial charge in [0, 0.05) is 29.2 Å². The van der Waals surface area contributed by atoms with Gasteiger partial charge in [-0.1, -0.05) is 41.3 Å². The lowest BCUT2D eigenvalue weighted by molar-refractivity contribution is -0.139. The fraction of sp³-hybridized carbons (Fsp3) is 0.471. The molecule has 0 atom stereocenters. The predicted molar refractivity (Wildman–Crippen MR) is 107 cm³/mol. The minimum Gasteiger partial charge on any atom is -0.461 e. The van der Waals surface area contributed by atoms with Crippen molar-refractivity contribution in [2.75, 3.05) is 37.9 Å². The largest absolute Gasteiger partial charge is 0.461 e. The third-order valence-electron chi connectivity index (χ3n) is 2.70. The molecule has 0 aliphatic heterocycles. The van der Waals surface area contributed by atoms with Gasteiger partial charge in [-0.2, -0.15) is 0 Å². The van der Waals surface area contributed by atoms with Gasteiger partial charge in [-0.15, -0.1) is 0 Å². The number of carbonyl (C=O) groups is 3. The number of nitrogens with one attached hydrogen (secondary N) is 2. The minimum absolute atomic E-state index is 0.264. The average molecular weight is 403 g/mol. The van der Waals surface area contributed by atoms with Gasteiger partial charge >= 0.3 is 11.9 Å². The van der Waals surface area contributed by atoms with Crippen LogP contribution >= 0.6 is 21.6 Å². The molecular weight excluding hydrogens is 376 g/mol. The SMILES string of the molecule is C=CC(=O)NCNCCC(=C)C(=O)OCCSSCCOC(=O)C(=C)C. The van der Waals surface area contributed by atoms with Crippen molar-refractivity contribution in [2.24, 2.45) is 0 Å². The molecule has 26 heavy (non-hydrogen) atoms. The molecule has 1 amide bonds. The molecule has 0 unspecified atom stereocenters. The van der Waals surface area contributed by atoms with Crippen LogP contribution in [0.1, 0.15) is 13.3 Å². The van der Waals surface area contributed by atoms with E-state index in [0.29, 0.717) is 48.9 Å². The van der Waals surface area contributed by atoms with E-state index in [2.05, 4.69) is 30.4 Å². The molecule has 0 aliphatic carbocycles. The summed E-state index contributed by atoms with van der Waals surface area (Å²) < 4.78 is 10.1. The molecule has 0 rings (SSSR count). The predicted octanol–water partition coefficient (Wildman–Crippen LogP) is 1.83. The second kappa shape index (κ2) is 15.5. The molecule has 0 aromatic rings. The van der Waals surface area contributed by atoms with E-state index in [-0.39, 0.29) is 18.5 Å². The highest BCUT2D eigenvalue weighted by molar-refractivity contribution is 8.76. The second-order valence-corrected chi connectivity index (χ2v) is 7.67. The molecule has 0 aromatic carbocycles. The first kappa shape index (κ1) is 24.3. The maximum Gasteiger partial charge on any atom is 0.333 e. The van der Waals surface area contributed by atoms with Crippen LogP contribution in [-0.2, 0) is 23.9 Å². The Hall–Kier alpha value is -1.71. The van der Waals surface area contributed by atoms with Crippen molar-refractivity contribution in [3.63, 3.8) is 0 Å². The number of hydrogen-bond donors (Lipinski definition) is 2. The van der Waals surface area contributed by atoms with E-state index in [1.807, 2.05) is 0 Å². The highest BCUT2D eigenvalue weighted by Crippen LogP contribution is 2.20. The Morgan fingerprint density at radius 3 is 2.15 bits per heavy atom. The van der Waals surface area contributed by atoms with Crippen LogP contribution in [0.15, 0.2) is 37.0 Å². The lowest BCUT2D eigenvalue weighted by Gasteiger charge is -2.08. The van der Waals surface area contributed by atoms with Gasteiger partial charge < -0.3 is 14.8 Å². The molecule has 0 heterocycles. The summed E-state index contributed by atoms with van der Waals surface area (Å²) in [6.07, 6.45) is 1.61. The summed E-state index contributed by atoms with van der Waals surface area (Å²) in [5, 5.41) is 5.51. The number of amides is 1. The van der Waals surface area contributed by atoms with Crippen molar-refractivity contribution in [1.29, 1.82) is 0 Å². The Bertz CT molecular complexity index is 523. The Balaban J connectivity index is 3.53. The molecule has 0 saturated heterocycles. The topological polar surface area (TPSA) is 93.7 Å². The number of ether oxygens (including phenoxy) is 2. The van der Waals surface area contributed by atoms with Crippen LogP contribution in [0.25, 0.3) is 0 Å². The zero-order valence-electron chi connectivity index (χ0n) is 15.0. The standard InChI is InChI=1S/C17H26N2O5S2/c1-5-15(20)19-12-18-7-6-14(4)17(22)24-9-11-26-25-10-8-23-16(21)13(2)3/h5,18H,1-2,4,6-12H2,3H3,(H,19,20). The molecule has 146 valence electrons. The van der Waals surface area contributed by atoms with Gasteiger partial charge in [-0.05, 0) is 19.4 Å². The van der Waals surface area contributed by atoms with E-state index in [0.717, 1.165) is 0 Å². The van der Waals surface area contributed by atoms with Crippen LogP contribution in [0.2, 0.25) is 0 Å². The fourth-order valence-electron chi connectivity index (χ4n) is 1.33. The highest BCUT2D eigenvalue weighted by Gasteiger charge is 2.08. The van der Waals surface area contributed by atoms with E-state index in [9.17, 15) is 14.4 Å². The quantitative estimate of drug-likeness (QED) is 0.141. The zero-order valence-corrected chi connectivity index (χ0v) is 16.6. The van der Waals surface area contributed by atoms with E-state index >= 15 is 0 Å². The van der Waals surface area contributed by atoms with Crippen molar-refractivity contribution >= 4 is 39.4 Å². The summed E-state index contributed by atoms with van der Waals surface area (Å²) in [5.74, 6) is 0.200. The van der Waals surface area contributed by atoms with Gasteiger partial charge in [-0.25, -0.2) is 9.59 Å². The van der Waals surface area contributed by atoms with Crippen LogP contribution in [-0.4, -0.2) is 55.8 Å². The van der Waals surface area contributed by atoms with Gasteiger partial charge in [0.05, 0.1) is 6.67 Å². The molecule has 0 spiro atoms. The molecule has 0 bridgehead atoms. The molecule has 0 aliphatic rings. The zero-order chi connectivity index (χ0) is 19.8. The van der Waals surface area contributed by atoms with Crippen molar-refractivity contribution < 1.29 is 23.9 Å². The van der Waals surface area contributed by atoms with Crippen LogP contribution < -0.4 is 10.6 Å². The van der Waals surface area contributed by atoms with Crippen LogP contribution in [0.5, 0.6) is 0 Å². The molecular formula is C17H26N2O5S2. The normalized spacial score (nSPS) is 9.88. The van der Waals surface area contributed by atoms with Crippen molar-refractivity contribution in [2.45, 2.75) is 13.3 Å². The number of carbonyl (C=O) groups excluding carboxylic acids is 3. The third kappa shape index (κ3) is 13.6. The third-order valence-corrected chi connectivity index (χ3v) is 5.03. The molecule has 0 saturated carbocycles. The Morgan fingerprint density at radius 1 is 1.04 bits per heavy atom. The summed E-state index contributed by atoms with van der Waals surface area (Å²) in [5.41, 5.74) is 0.753. The molecule has 0 aromatic heterocycles. The van der Waals surface area contributed by atoms with Gasteiger partial charge in [0.1, 0.15) is 13.2 Å². The van der Waals surface area contributed by atoms with Crippen LogP contribution in [0.4, 0.5) is 0 Å². The van der Waals surface area contributed by atoms with E-state index in [1.165, 1.54) is 27.7 Å². The van der Waals surface area contributed by atoms with E-state index in [4.69, 9.17) is 9.47 Å². The molecule has 0 fully saturated rings. The maximum absolute atomic E-state index is 11.7. The first-order valence-corrected chi connectivity index (χ1v) is 10.4. The smallest absolute Gasteiger partial charge is 0.333 e. The van der Waals surface area contributed by atoms with Crippen molar-refractivity contribution in [3.05, 3.63) is 37.0 Å². The number of hydrogen-bond acceptors (Lipinski definition) is 8. The maximum atomic E-state index is 11.7. The first-order chi connectivity index (χ1) is 12.4. The molecule has 9 heteroatoms. The lowest BCUT2D eigenvalue weighted by atomic mass is 10.2. The van der Waals surface area contributed by atoms with E-state index < -0.39 is 5.97 Å². The van der Waals surface area contributed by atoms with E-state index in [1.54, 1.807) is 6.92 Å². The Morgan fingerprint density at radius 2 is 1.62 bits per heavy atom.